The number of phenolic OH excluding ortho intramolecular Hbond substituents is 1. The van der Waals surface area contributed by atoms with Crippen LogP contribution in [0.4, 0.5) is 20.2 Å². The zero-order chi connectivity index (χ0) is 18.4. The molecule has 0 spiro atoms. The SMILES string of the molecule is CC(F)(F)c1nn2c(C(=O)Nc3c(O)cccc3[N+](=O)[O-])cnc2s1. The summed E-state index contributed by atoms with van der Waals surface area (Å²) in [5.74, 6) is -4.61. The van der Waals surface area contributed by atoms with Gasteiger partial charge in [0.1, 0.15) is 5.75 Å². The molecule has 3 rings (SSSR count). The number of aromatic nitrogens is 3. The molecule has 0 saturated heterocycles. The van der Waals surface area contributed by atoms with E-state index in [-0.39, 0.29) is 10.7 Å². The molecule has 25 heavy (non-hydrogen) atoms. The van der Waals surface area contributed by atoms with E-state index in [0.29, 0.717) is 18.3 Å². The van der Waals surface area contributed by atoms with Crippen LogP contribution in [0.15, 0.2) is 24.4 Å². The van der Waals surface area contributed by atoms with Crippen molar-refractivity contribution in [3.05, 3.63) is 45.2 Å². The molecule has 0 unspecified atom stereocenters. The molecule has 0 aliphatic rings. The van der Waals surface area contributed by atoms with Crippen LogP contribution in [0.25, 0.3) is 4.96 Å². The van der Waals surface area contributed by atoms with Crippen LogP contribution in [-0.2, 0) is 5.92 Å². The topological polar surface area (TPSA) is 123 Å². The highest BCUT2D eigenvalue weighted by Crippen LogP contribution is 2.34. The maximum atomic E-state index is 13.3. The van der Waals surface area contributed by atoms with Crippen molar-refractivity contribution in [2.75, 3.05) is 5.32 Å². The molecule has 9 nitrogen and oxygen atoms in total. The number of hydrogen-bond acceptors (Lipinski definition) is 7. The second-order valence-electron chi connectivity index (χ2n) is 5.02. The van der Waals surface area contributed by atoms with Crippen LogP contribution in [0.5, 0.6) is 5.75 Å². The van der Waals surface area contributed by atoms with Crippen molar-refractivity contribution in [2.45, 2.75) is 12.8 Å². The number of alkyl halides is 2. The number of nitrogens with one attached hydrogen (secondary N) is 1. The molecule has 0 aliphatic carbocycles. The minimum Gasteiger partial charge on any atom is -0.505 e. The second kappa shape index (κ2) is 5.73. The monoisotopic (exact) mass is 369 g/mol. The first-order valence-corrected chi connectivity index (χ1v) is 7.50. The van der Waals surface area contributed by atoms with Gasteiger partial charge in [-0.15, -0.1) is 0 Å². The number of carbonyl (C=O) groups is 1. The summed E-state index contributed by atoms with van der Waals surface area (Å²) in [5, 5.41) is 26.1. The van der Waals surface area contributed by atoms with Crippen molar-refractivity contribution in [3.8, 4) is 5.75 Å². The Hall–Kier alpha value is -3.15. The number of para-hydroxylation sites is 1. The second-order valence-corrected chi connectivity index (χ2v) is 5.97. The minimum absolute atomic E-state index is 0.0634. The molecule has 0 fully saturated rings. The smallest absolute Gasteiger partial charge is 0.298 e. The summed E-state index contributed by atoms with van der Waals surface area (Å²) in [4.78, 5) is 26.5. The third-order valence-corrected chi connectivity index (χ3v) is 4.24. The molecule has 0 bridgehead atoms. The first-order chi connectivity index (χ1) is 11.7. The van der Waals surface area contributed by atoms with Crippen molar-refractivity contribution >= 4 is 33.6 Å². The Morgan fingerprint density at radius 3 is 2.84 bits per heavy atom. The number of amides is 1. The average Bonchev–Trinajstić information content (AvgIpc) is 3.08. The third kappa shape index (κ3) is 2.98. The summed E-state index contributed by atoms with van der Waals surface area (Å²) >= 11 is 0.613. The highest BCUT2D eigenvalue weighted by molar-refractivity contribution is 7.16. The summed E-state index contributed by atoms with van der Waals surface area (Å²) in [6.07, 6.45) is 1.09. The molecule has 0 atom stereocenters. The molecule has 0 radical (unpaired) electrons. The summed E-state index contributed by atoms with van der Waals surface area (Å²) in [6, 6.07) is 3.50. The molecule has 2 aromatic heterocycles. The molecule has 0 saturated carbocycles. The molecular formula is C13H9F2N5O4S. The van der Waals surface area contributed by atoms with E-state index in [0.717, 1.165) is 22.8 Å². The number of carbonyl (C=O) groups excluding carboxylic acids is 1. The molecule has 2 heterocycles. The number of hydrogen-bond donors (Lipinski definition) is 2. The molecule has 12 heteroatoms. The lowest BCUT2D eigenvalue weighted by Gasteiger charge is -2.07. The van der Waals surface area contributed by atoms with Gasteiger partial charge in [0, 0.05) is 13.0 Å². The van der Waals surface area contributed by atoms with Gasteiger partial charge in [-0.05, 0) is 6.07 Å². The van der Waals surface area contributed by atoms with Gasteiger partial charge >= 0.3 is 0 Å². The maximum absolute atomic E-state index is 13.3. The van der Waals surface area contributed by atoms with Gasteiger partial charge in [0.2, 0.25) is 4.96 Å². The lowest BCUT2D eigenvalue weighted by molar-refractivity contribution is -0.384. The predicted molar refractivity (Wildman–Crippen MR) is 83.1 cm³/mol. The van der Waals surface area contributed by atoms with Gasteiger partial charge in [-0.2, -0.15) is 18.4 Å². The largest absolute Gasteiger partial charge is 0.505 e. The Morgan fingerprint density at radius 1 is 1.48 bits per heavy atom. The first-order valence-electron chi connectivity index (χ1n) is 6.69. The molecule has 1 amide bonds. The van der Waals surface area contributed by atoms with Gasteiger partial charge in [0.05, 0.1) is 11.1 Å². The standard InChI is InChI=1S/C13H9F2N5O4S/c1-13(14,15)11-18-19-7(5-16-12(19)25-11)10(22)17-9-6(20(23)24)3-2-4-8(9)21/h2-5,21H,1H3,(H,17,22). The van der Waals surface area contributed by atoms with Crippen molar-refractivity contribution < 1.29 is 23.6 Å². The quantitative estimate of drug-likeness (QED) is 0.414. The zero-order valence-corrected chi connectivity index (χ0v) is 13.3. The number of nitrogens with zero attached hydrogens (tertiary/aromatic N) is 4. The van der Waals surface area contributed by atoms with Crippen LogP contribution in [0.2, 0.25) is 0 Å². The van der Waals surface area contributed by atoms with E-state index >= 15 is 0 Å². The van der Waals surface area contributed by atoms with E-state index in [4.69, 9.17) is 0 Å². The number of benzene rings is 1. The van der Waals surface area contributed by atoms with Crippen molar-refractivity contribution in [3.63, 3.8) is 0 Å². The van der Waals surface area contributed by atoms with Gasteiger partial charge in [0.15, 0.2) is 16.4 Å². The minimum atomic E-state index is -3.20. The molecule has 1 aromatic carbocycles. The highest BCUT2D eigenvalue weighted by Gasteiger charge is 2.31. The van der Waals surface area contributed by atoms with E-state index in [1.807, 2.05) is 0 Å². The van der Waals surface area contributed by atoms with E-state index in [2.05, 4.69) is 15.4 Å². The number of fused-ring (bicyclic) bond motifs is 1. The van der Waals surface area contributed by atoms with Crippen LogP contribution in [0.3, 0.4) is 0 Å². The summed E-state index contributed by atoms with van der Waals surface area (Å²) < 4.78 is 27.6. The fraction of sp³-hybridized carbons (Fsp3) is 0.154. The molecule has 2 N–H and O–H groups in total. The fourth-order valence-corrected chi connectivity index (χ4v) is 2.82. The van der Waals surface area contributed by atoms with Crippen LogP contribution in [0, 0.1) is 10.1 Å². The van der Waals surface area contributed by atoms with E-state index in [1.165, 1.54) is 6.07 Å². The van der Waals surface area contributed by atoms with Gasteiger partial charge in [0.25, 0.3) is 17.5 Å². The Morgan fingerprint density at radius 2 is 2.20 bits per heavy atom. The summed E-state index contributed by atoms with van der Waals surface area (Å²) in [7, 11) is 0. The Balaban J connectivity index is 1.99. The van der Waals surface area contributed by atoms with Crippen molar-refractivity contribution in [1.29, 1.82) is 0 Å². The van der Waals surface area contributed by atoms with Crippen molar-refractivity contribution in [2.24, 2.45) is 0 Å². The van der Waals surface area contributed by atoms with E-state index in [1.54, 1.807) is 0 Å². The number of nitro benzene ring substituents is 1. The molecule has 3 aromatic rings. The Kier molecular flexibility index (Phi) is 3.83. The Bertz CT molecular complexity index is 994. The van der Waals surface area contributed by atoms with Gasteiger partial charge in [-0.3, -0.25) is 14.9 Å². The number of rotatable bonds is 4. The van der Waals surface area contributed by atoms with Gasteiger partial charge in [-0.1, -0.05) is 17.4 Å². The highest BCUT2D eigenvalue weighted by atomic mass is 32.1. The summed E-state index contributed by atoms with van der Waals surface area (Å²) in [6.45, 7) is 0.663. The number of anilines is 1. The Labute approximate surface area is 141 Å². The molecular weight excluding hydrogens is 360 g/mol. The van der Waals surface area contributed by atoms with Crippen molar-refractivity contribution in [1.82, 2.24) is 14.6 Å². The normalized spacial score (nSPS) is 11.6. The predicted octanol–water partition coefficient (Wildman–Crippen LogP) is 2.77. The molecule has 0 aliphatic heterocycles. The lowest BCUT2D eigenvalue weighted by atomic mass is 10.2. The van der Waals surface area contributed by atoms with Crippen LogP contribution < -0.4 is 5.32 Å². The van der Waals surface area contributed by atoms with Gasteiger partial charge in [-0.25, -0.2) is 4.98 Å². The third-order valence-electron chi connectivity index (χ3n) is 3.15. The van der Waals surface area contributed by atoms with Crippen LogP contribution in [0.1, 0.15) is 22.4 Å². The van der Waals surface area contributed by atoms with Gasteiger partial charge < -0.3 is 10.4 Å². The van der Waals surface area contributed by atoms with Crippen LogP contribution >= 0.6 is 11.3 Å². The number of halogens is 2. The van der Waals surface area contributed by atoms with Crippen LogP contribution in [-0.4, -0.2) is 30.5 Å². The maximum Gasteiger partial charge on any atom is 0.298 e. The first kappa shape index (κ1) is 16.7. The summed E-state index contributed by atoms with van der Waals surface area (Å²) in [5.41, 5.74) is -1.14. The number of phenols is 1. The van der Waals surface area contributed by atoms with E-state index in [9.17, 15) is 28.8 Å². The lowest BCUT2D eigenvalue weighted by Crippen LogP contribution is -2.16. The fourth-order valence-electron chi connectivity index (χ4n) is 2.01. The molecule has 130 valence electrons. The average molecular weight is 369 g/mol. The number of aromatic hydroxyl groups is 1. The van der Waals surface area contributed by atoms with E-state index < -0.39 is 38.9 Å². The number of imidazole rings is 1. The number of nitro groups is 1. The zero-order valence-electron chi connectivity index (χ0n) is 12.4.